The summed E-state index contributed by atoms with van der Waals surface area (Å²) in [5.74, 6) is 0.782. The van der Waals surface area contributed by atoms with E-state index in [9.17, 15) is 0 Å². The van der Waals surface area contributed by atoms with Gasteiger partial charge in [0.15, 0.2) is 0 Å². The van der Waals surface area contributed by atoms with Gasteiger partial charge in [0.25, 0.3) is 0 Å². The number of hydrogen-bond donors (Lipinski definition) is 1. The van der Waals surface area contributed by atoms with Gasteiger partial charge in [-0.2, -0.15) is 0 Å². The number of fused-ring (bicyclic) bond motifs is 1. The molecule has 0 saturated heterocycles. The lowest BCUT2D eigenvalue weighted by atomic mass is 10.3. The molecule has 0 bridgehead atoms. The lowest BCUT2D eigenvalue weighted by Gasteiger charge is -1.96. The van der Waals surface area contributed by atoms with Crippen molar-refractivity contribution in [3.63, 3.8) is 0 Å². The van der Waals surface area contributed by atoms with E-state index in [0.717, 1.165) is 22.5 Å². The van der Waals surface area contributed by atoms with Gasteiger partial charge in [-0.05, 0) is 13.0 Å². The normalized spacial score (nSPS) is 10.5. The smallest absolute Gasteiger partial charge is 0.139 e. The molecule has 0 spiro atoms. The molecule has 0 amide bonds. The molecule has 2 rings (SSSR count). The van der Waals surface area contributed by atoms with Crippen LogP contribution in [0.1, 0.15) is 5.69 Å². The quantitative estimate of drug-likeness (QED) is 0.695. The highest BCUT2D eigenvalue weighted by molar-refractivity contribution is 5.77. The van der Waals surface area contributed by atoms with Crippen LogP contribution in [-0.2, 0) is 0 Å². The van der Waals surface area contributed by atoms with E-state index in [1.165, 1.54) is 0 Å². The first kappa shape index (κ1) is 7.16. The van der Waals surface area contributed by atoms with Crippen molar-refractivity contribution in [3.05, 3.63) is 24.0 Å². The monoisotopic (exact) mass is 162 g/mol. The van der Waals surface area contributed by atoms with E-state index in [4.69, 9.17) is 4.74 Å². The molecule has 62 valence electrons. The third kappa shape index (κ3) is 1.03. The van der Waals surface area contributed by atoms with Crippen molar-refractivity contribution < 1.29 is 4.74 Å². The number of nitrogens with one attached hydrogen (secondary N) is 1. The number of hydrogen-bond acceptors (Lipinski definition) is 2. The first-order chi connectivity index (χ1) is 5.79. The average molecular weight is 162 g/mol. The number of ether oxygens (including phenoxy) is 1. The Morgan fingerprint density at radius 1 is 1.42 bits per heavy atom. The molecule has 2 heterocycles. The van der Waals surface area contributed by atoms with Gasteiger partial charge in [-0.1, -0.05) is 0 Å². The molecule has 2 aromatic rings. The third-order valence-corrected chi connectivity index (χ3v) is 1.81. The highest BCUT2D eigenvalue weighted by Gasteiger charge is 1.99. The van der Waals surface area contributed by atoms with Gasteiger partial charge >= 0.3 is 0 Å². The van der Waals surface area contributed by atoms with Crippen molar-refractivity contribution in [2.45, 2.75) is 6.92 Å². The van der Waals surface area contributed by atoms with E-state index in [-0.39, 0.29) is 0 Å². The Morgan fingerprint density at radius 2 is 2.25 bits per heavy atom. The van der Waals surface area contributed by atoms with Crippen molar-refractivity contribution in [1.82, 2.24) is 9.97 Å². The lowest BCUT2D eigenvalue weighted by Crippen LogP contribution is -1.83. The van der Waals surface area contributed by atoms with Crippen LogP contribution in [-0.4, -0.2) is 17.1 Å². The summed E-state index contributed by atoms with van der Waals surface area (Å²) in [6.45, 7) is 2.01. The van der Waals surface area contributed by atoms with Crippen molar-refractivity contribution in [3.8, 4) is 5.75 Å². The number of pyridine rings is 1. The molecule has 3 heteroatoms. The van der Waals surface area contributed by atoms with Gasteiger partial charge in [-0.15, -0.1) is 0 Å². The van der Waals surface area contributed by atoms with Crippen LogP contribution in [0.3, 0.4) is 0 Å². The van der Waals surface area contributed by atoms with E-state index in [0.29, 0.717) is 0 Å². The van der Waals surface area contributed by atoms with Crippen LogP contribution in [0.5, 0.6) is 5.75 Å². The predicted octanol–water partition coefficient (Wildman–Crippen LogP) is 1.88. The van der Waals surface area contributed by atoms with Crippen LogP contribution in [0, 0.1) is 6.92 Å². The van der Waals surface area contributed by atoms with Gasteiger partial charge in [0.05, 0.1) is 24.3 Å². The van der Waals surface area contributed by atoms with Crippen LogP contribution in [0.4, 0.5) is 0 Å². The Hall–Kier alpha value is -1.51. The largest absolute Gasteiger partial charge is 0.495 e. The second-order valence-corrected chi connectivity index (χ2v) is 2.76. The minimum atomic E-state index is 0.782. The van der Waals surface area contributed by atoms with Crippen LogP contribution >= 0.6 is 0 Å². The molecular weight excluding hydrogens is 152 g/mol. The molecule has 0 aromatic carbocycles. The summed E-state index contributed by atoms with van der Waals surface area (Å²) < 4.78 is 5.05. The predicted molar refractivity (Wildman–Crippen MR) is 47.4 cm³/mol. The lowest BCUT2D eigenvalue weighted by molar-refractivity contribution is 0.413. The summed E-state index contributed by atoms with van der Waals surface area (Å²) >= 11 is 0. The maximum absolute atomic E-state index is 5.05. The maximum Gasteiger partial charge on any atom is 0.139 e. The molecule has 12 heavy (non-hydrogen) atoms. The Labute approximate surface area is 70.4 Å². The minimum Gasteiger partial charge on any atom is -0.495 e. The van der Waals surface area contributed by atoms with Gasteiger partial charge in [0.1, 0.15) is 5.75 Å². The highest BCUT2D eigenvalue weighted by atomic mass is 16.5. The van der Waals surface area contributed by atoms with Gasteiger partial charge in [-0.3, -0.25) is 4.98 Å². The third-order valence-electron chi connectivity index (χ3n) is 1.81. The van der Waals surface area contributed by atoms with Crippen LogP contribution in [0.2, 0.25) is 0 Å². The summed E-state index contributed by atoms with van der Waals surface area (Å²) in [6.07, 6.45) is 1.72. The number of aryl methyl sites for hydroxylation is 1. The second-order valence-electron chi connectivity index (χ2n) is 2.76. The van der Waals surface area contributed by atoms with Gasteiger partial charge in [-0.25, -0.2) is 0 Å². The Bertz CT molecular complexity index is 406. The van der Waals surface area contributed by atoms with Crippen LogP contribution in [0.15, 0.2) is 18.3 Å². The molecule has 1 N–H and O–H groups in total. The number of nitrogens with zero attached hydrogens (tertiary/aromatic N) is 1. The standard InChI is InChI=1S/C9H10N2O/c1-6-3-8-9(11-6)4-7(12-2)5-10-8/h3-5,11H,1-2H3. The first-order valence-corrected chi connectivity index (χ1v) is 3.79. The van der Waals surface area contributed by atoms with Crippen LogP contribution in [0.25, 0.3) is 11.0 Å². The number of rotatable bonds is 1. The molecule has 0 unspecified atom stereocenters. The highest BCUT2D eigenvalue weighted by Crippen LogP contribution is 2.17. The molecular formula is C9H10N2O. The van der Waals surface area contributed by atoms with Gasteiger partial charge in [0, 0.05) is 11.8 Å². The Balaban J connectivity index is 2.66. The van der Waals surface area contributed by atoms with E-state index in [1.807, 2.05) is 19.1 Å². The second kappa shape index (κ2) is 2.52. The van der Waals surface area contributed by atoms with Crippen molar-refractivity contribution in [2.24, 2.45) is 0 Å². The molecule has 2 aromatic heterocycles. The SMILES string of the molecule is COc1cnc2cc(C)[nH]c2c1. The van der Waals surface area contributed by atoms with Crippen molar-refractivity contribution >= 4 is 11.0 Å². The number of aromatic amines is 1. The van der Waals surface area contributed by atoms with E-state index >= 15 is 0 Å². The molecule has 0 fully saturated rings. The minimum absolute atomic E-state index is 0.782. The zero-order valence-corrected chi connectivity index (χ0v) is 7.09. The summed E-state index contributed by atoms with van der Waals surface area (Å²) in [5.41, 5.74) is 3.12. The molecule has 0 aliphatic carbocycles. The number of H-pyrrole nitrogens is 1. The van der Waals surface area contributed by atoms with E-state index in [1.54, 1.807) is 13.3 Å². The zero-order chi connectivity index (χ0) is 8.55. The molecule has 3 nitrogen and oxygen atoms in total. The molecule has 0 saturated carbocycles. The first-order valence-electron chi connectivity index (χ1n) is 3.79. The maximum atomic E-state index is 5.05. The molecule has 0 aliphatic rings. The van der Waals surface area contributed by atoms with Gasteiger partial charge in [0.2, 0.25) is 0 Å². The summed E-state index contributed by atoms with van der Waals surface area (Å²) in [5, 5.41) is 0. The van der Waals surface area contributed by atoms with E-state index < -0.39 is 0 Å². The summed E-state index contributed by atoms with van der Waals surface area (Å²) in [7, 11) is 1.64. The molecule has 0 radical (unpaired) electrons. The number of methoxy groups -OCH3 is 1. The van der Waals surface area contributed by atoms with E-state index in [2.05, 4.69) is 9.97 Å². The fourth-order valence-electron chi connectivity index (χ4n) is 1.24. The Kier molecular flexibility index (Phi) is 1.50. The topological polar surface area (TPSA) is 37.9 Å². The fourth-order valence-corrected chi connectivity index (χ4v) is 1.24. The zero-order valence-electron chi connectivity index (χ0n) is 7.09. The average Bonchev–Trinajstić information content (AvgIpc) is 2.43. The fraction of sp³-hybridized carbons (Fsp3) is 0.222. The molecule has 0 atom stereocenters. The molecule has 0 aliphatic heterocycles. The number of aromatic nitrogens is 2. The van der Waals surface area contributed by atoms with Crippen molar-refractivity contribution in [1.29, 1.82) is 0 Å². The van der Waals surface area contributed by atoms with Crippen molar-refractivity contribution in [2.75, 3.05) is 7.11 Å². The van der Waals surface area contributed by atoms with Crippen LogP contribution < -0.4 is 4.74 Å². The summed E-state index contributed by atoms with van der Waals surface area (Å²) in [4.78, 5) is 7.41. The van der Waals surface area contributed by atoms with Gasteiger partial charge < -0.3 is 9.72 Å². The summed E-state index contributed by atoms with van der Waals surface area (Å²) in [6, 6.07) is 3.95. The Morgan fingerprint density at radius 3 is 3.00 bits per heavy atom.